The summed E-state index contributed by atoms with van der Waals surface area (Å²) in [6, 6.07) is 1.11. The first-order valence-electron chi connectivity index (χ1n) is 3.71. The molecule has 12 heavy (non-hydrogen) atoms. The van der Waals surface area contributed by atoms with E-state index in [0.29, 0.717) is 10.4 Å². The van der Waals surface area contributed by atoms with Crippen molar-refractivity contribution in [2.75, 3.05) is 0 Å². The molecule has 0 saturated carbocycles. The van der Waals surface area contributed by atoms with Gasteiger partial charge in [0.25, 0.3) is 0 Å². The Hall–Kier alpha value is -1.32. The summed E-state index contributed by atoms with van der Waals surface area (Å²) in [4.78, 5) is 3.75. The molecule has 0 amide bonds. The highest BCUT2D eigenvalue weighted by Gasteiger charge is 2.22. The molecule has 1 rings (SSSR count). The van der Waals surface area contributed by atoms with Gasteiger partial charge in [0.2, 0.25) is 0 Å². The predicted molar refractivity (Wildman–Crippen MR) is 43.6 cm³/mol. The number of aromatic nitrogens is 2. The minimum Gasteiger partial charge on any atom is -0.708 e. The fraction of sp³-hybridized carbons (Fsp3) is 0.500. The van der Waals surface area contributed by atoms with Crippen LogP contribution in [-0.4, -0.2) is 10.1 Å². The van der Waals surface area contributed by atoms with Crippen molar-refractivity contribution in [1.82, 2.24) is 4.98 Å². The molecule has 0 saturated heterocycles. The van der Waals surface area contributed by atoms with Gasteiger partial charge in [-0.2, -0.15) is 0 Å². The smallest absolute Gasteiger partial charge is 0.499 e. The molecule has 0 aliphatic carbocycles. The van der Waals surface area contributed by atoms with Crippen LogP contribution in [0.5, 0.6) is 6.01 Å². The maximum atomic E-state index is 10.7. The molecule has 1 aromatic heterocycles. The van der Waals surface area contributed by atoms with Gasteiger partial charge in [-0.1, -0.05) is 20.8 Å². The lowest BCUT2D eigenvalue weighted by atomic mass is 9.92. The maximum Gasteiger partial charge on any atom is 0.499 e. The number of nitrogens with zero attached hydrogens (tertiary/aromatic N) is 2. The Morgan fingerprint density at radius 2 is 2.08 bits per heavy atom. The summed E-state index contributed by atoms with van der Waals surface area (Å²) in [5.41, 5.74) is 0.554. The van der Waals surface area contributed by atoms with Crippen molar-refractivity contribution in [2.24, 2.45) is 0 Å². The molecule has 0 aliphatic rings. The topological polar surface area (TPSA) is 60.1 Å². The molecule has 0 radical (unpaired) electrons. The Labute approximate surface area is 71.1 Å². The molecule has 0 bridgehead atoms. The van der Waals surface area contributed by atoms with Crippen LogP contribution >= 0.6 is 0 Å². The Morgan fingerprint density at radius 1 is 1.50 bits per heavy atom. The summed E-state index contributed by atoms with van der Waals surface area (Å²) in [5, 5.41) is 19.7. The van der Waals surface area contributed by atoms with Gasteiger partial charge in [0.1, 0.15) is 6.20 Å². The first kappa shape index (κ1) is 8.77. The molecule has 66 valence electrons. The summed E-state index contributed by atoms with van der Waals surface area (Å²) in [6.07, 6.45) is 1.25. The van der Waals surface area contributed by atoms with Crippen molar-refractivity contribution in [3.63, 3.8) is 0 Å². The number of hydrogen-bond donors (Lipinski definition) is 1. The standard InChI is InChI=1S/C8H12N2O2/c1-8(2,3)6-4-5-10(12)7(11)9-6/h4-5H,1-3H3,(H,9,11). The predicted octanol–water partition coefficient (Wildman–Crippen LogP) is 0.718. The third-order valence-corrected chi connectivity index (χ3v) is 1.55. The molecular formula is C8H12N2O2. The molecule has 1 aromatic rings. The highest BCUT2D eigenvalue weighted by Crippen LogP contribution is 2.19. The van der Waals surface area contributed by atoms with E-state index in [1.807, 2.05) is 20.8 Å². The Kier molecular flexibility index (Phi) is 1.92. The molecule has 0 spiro atoms. The number of rotatable bonds is 0. The van der Waals surface area contributed by atoms with Crippen LogP contribution in [0.3, 0.4) is 0 Å². The van der Waals surface area contributed by atoms with E-state index in [2.05, 4.69) is 4.98 Å². The average Bonchev–Trinajstić information content (AvgIpc) is 1.92. The van der Waals surface area contributed by atoms with Gasteiger partial charge in [0.15, 0.2) is 5.69 Å². The van der Waals surface area contributed by atoms with E-state index in [1.165, 1.54) is 6.20 Å². The van der Waals surface area contributed by atoms with Crippen molar-refractivity contribution >= 4 is 0 Å². The third-order valence-electron chi connectivity index (χ3n) is 1.55. The largest absolute Gasteiger partial charge is 0.708 e. The molecule has 1 heterocycles. The zero-order valence-corrected chi connectivity index (χ0v) is 7.40. The van der Waals surface area contributed by atoms with Gasteiger partial charge in [-0.15, -0.1) is 0 Å². The van der Waals surface area contributed by atoms with Crippen molar-refractivity contribution in [2.45, 2.75) is 26.2 Å². The number of hydrogen-bond acceptors (Lipinski definition) is 3. The SMILES string of the molecule is CC(C)(C)c1cc[n+]([O-])c(O)n1. The molecule has 0 unspecified atom stereocenters. The van der Waals surface area contributed by atoms with Crippen LogP contribution in [0.2, 0.25) is 0 Å². The molecule has 4 nitrogen and oxygen atoms in total. The van der Waals surface area contributed by atoms with Gasteiger partial charge in [-0.05, 0) is 4.98 Å². The van der Waals surface area contributed by atoms with E-state index in [-0.39, 0.29) is 5.41 Å². The fourth-order valence-corrected chi connectivity index (χ4v) is 0.817. The van der Waals surface area contributed by atoms with E-state index in [9.17, 15) is 5.21 Å². The van der Waals surface area contributed by atoms with Gasteiger partial charge in [-0.25, -0.2) is 4.73 Å². The lowest BCUT2D eigenvalue weighted by Gasteiger charge is -2.13. The second kappa shape index (κ2) is 2.62. The molecular weight excluding hydrogens is 156 g/mol. The van der Waals surface area contributed by atoms with Crippen molar-refractivity contribution in [3.8, 4) is 6.01 Å². The summed E-state index contributed by atoms with van der Waals surface area (Å²) in [5.74, 6) is 0. The van der Waals surface area contributed by atoms with E-state index < -0.39 is 6.01 Å². The van der Waals surface area contributed by atoms with Crippen LogP contribution in [0.15, 0.2) is 12.3 Å². The van der Waals surface area contributed by atoms with Gasteiger partial charge in [0, 0.05) is 11.5 Å². The van der Waals surface area contributed by atoms with E-state index >= 15 is 0 Å². The fourth-order valence-electron chi connectivity index (χ4n) is 0.817. The first-order valence-corrected chi connectivity index (χ1v) is 3.71. The minimum absolute atomic E-state index is 0.147. The number of aromatic hydroxyl groups is 1. The molecule has 0 fully saturated rings. The third kappa shape index (κ3) is 1.64. The van der Waals surface area contributed by atoms with E-state index in [4.69, 9.17) is 5.11 Å². The Bertz CT molecular complexity index is 292. The first-order chi connectivity index (χ1) is 5.41. The second-order valence-electron chi connectivity index (χ2n) is 3.69. The molecule has 0 aromatic carbocycles. The summed E-state index contributed by atoms with van der Waals surface area (Å²) < 4.78 is 0.329. The Morgan fingerprint density at radius 3 is 2.50 bits per heavy atom. The zero-order chi connectivity index (χ0) is 9.35. The highest BCUT2D eigenvalue weighted by atomic mass is 16.5. The van der Waals surface area contributed by atoms with Gasteiger partial charge >= 0.3 is 6.01 Å². The zero-order valence-electron chi connectivity index (χ0n) is 7.40. The molecule has 1 N–H and O–H groups in total. The van der Waals surface area contributed by atoms with E-state index in [0.717, 1.165) is 0 Å². The monoisotopic (exact) mass is 168 g/mol. The minimum atomic E-state index is -0.498. The average molecular weight is 168 g/mol. The lowest BCUT2D eigenvalue weighted by Crippen LogP contribution is -2.28. The van der Waals surface area contributed by atoms with Crippen LogP contribution in [0, 0.1) is 5.21 Å². The summed E-state index contributed by atoms with van der Waals surface area (Å²) in [7, 11) is 0. The van der Waals surface area contributed by atoms with Crippen molar-refractivity contribution < 1.29 is 9.84 Å². The quantitative estimate of drug-likeness (QED) is 0.458. The van der Waals surface area contributed by atoms with E-state index in [1.54, 1.807) is 6.07 Å². The van der Waals surface area contributed by atoms with Gasteiger partial charge in [-0.3, -0.25) is 0 Å². The highest BCUT2D eigenvalue weighted by molar-refractivity contribution is 5.10. The normalized spacial score (nSPS) is 11.6. The Balaban J connectivity index is 3.14. The molecule has 0 atom stereocenters. The molecule has 4 heteroatoms. The van der Waals surface area contributed by atoms with Crippen LogP contribution in [0.1, 0.15) is 26.5 Å². The van der Waals surface area contributed by atoms with Crippen molar-refractivity contribution in [1.29, 1.82) is 0 Å². The second-order valence-corrected chi connectivity index (χ2v) is 3.69. The van der Waals surface area contributed by atoms with Crippen molar-refractivity contribution in [3.05, 3.63) is 23.2 Å². The van der Waals surface area contributed by atoms with Gasteiger partial charge in [0.05, 0.1) is 0 Å². The van der Waals surface area contributed by atoms with Crippen LogP contribution in [0.25, 0.3) is 0 Å². The molecule has 0 aliphatic heterocycles. The lowest BCUT2D eigenvalue weighted by molar-refractivity contribution is -0.617. The van der Waals surface area contributed by atoms with Crippen LogP contribution in [-0.2, 0) is 5.41 Å². The summed E-state index contributed by atoms with van der Waals surface area (Å²) in [6.45, 7) is 5.89. The van der Waals surface area contributed by atoms with Crippen LogP contribution < -0.4 is 4.73 Å². The van der Waals surface area contributed by atoms with Crippen LogP contribution in [0.4, 0.5) is 0 Å². The maximum absolute atomic E-state index is 10.7. The van der Waals surface area contributed by atoms with Gasteiger partial charge < -0.3 is 10.3 Å². The summed E-state index contributed by atoms with van der Waals surface area (Å²) >= 11 is 0.